The van der Waals surface area contributed by atoms with Crippen molar-refractivity contribution in [3.63, 3.8) is 0 Å². The maximum atomic E-state index is 12.2. The van der Waals surface area contributed by atoms with Crippen molar-refractivity contribution in [1.29, 1.82) is 0 Å². The first-order valence-corrected chi connectivity index (χ1v) is 9.75. The zero-order chi connectivity index (χ0) is 20.5. The van der Waals surface area contributed by atoms with E-state index in [0.29, 0.717) is 19.4 Å². The highest BCUT2D eigenvalue weighted by molar-refractivity contribution is 6.62. The van der Waals surface area contributed by atoms with E-state index in [-0.39, 0.29) is 5.91 Å². The third-order valence-corrected chi connectivity index (χ3v) is 5.83. The highest BCUT2D eigenvalue weighted by Gasteiger charge is 2.51. The van der Waals surface area contributed by atoms with Gasteiger partial charge in [0.15, 0.2) is 0 Å². The van der Waals surface area contributed by atoms with Crippen LogP contribution in [0.2, 0.25) is 0 Å². The first kappa shape index (κ1) is 20.8. The minimum Gasteiger partial charge on any atom is -0.399 e. The number of carbonyl (C=O) groups excluding carboxylic acids is 2. The number of amides is 2. The molecule has 0 aliphatic carbocycles. The molecule has 1 aromatic carbocycles. The van der Waals surface area contributed by atoms with Gasteiger partial charge >= 0.3 is 7.12 Å². The fourth-order valence-electron chi connectivity index (χ4n) is 3.30. The van der Waals surface area contributed by atoms with Gasteiger partial charge in [0.05, 0.1) is 11.2 Å². The number of ether oxygens (including phenoxy) is 1. The Morgan fingerprint density at radius 1 is 1.18 bits per heavy atom. The molecule has 2 saturated heterocycles. The summed E-state index contributed by atoms with van der Waals surface area (Å²) in [6, 6.07) is 6.84. The van der Waals surface area contributed by atoms with Gasteiger partial charge in [0.25, 0.3) is 0 Å². The molecule has 0 saturated carbocycles. The minimum absolute atomic E-state index is 0.282. The van der Waals surface area contributed by atoms with Gasteiger partial charge in [0.2, 0.25) is 11.8 Å². The summed E-state index contributed by atoms with van der Waals surface area (Å²) in [5, 5.41) is 2.71. The largest absolute Gasteiger partial charge is 0.494 e. The van der Waals surface area contributed by atoms with Gasteiger partial charge < -0.3 is 25.1 Å². The lowest BCUT2D eigenvalue weighted by molar-refractivity contribution is -0.133. The average Bonchev–Trinajstić information content (AvgIpc) is 3.21. The number of nitrogens with one attached hydrogen (secondary N) is 1. The van der Waals surface area contributed by atoms with Crippen molar-refractivity contribution in [3.8, 4) is 0 Å². The fourth-order valence-corrected chi connectivity index (χ4v) is 3.30. The second-order valence-electron chi connectivity index (χ2n) is 8.50. The summed E-state index contributed by atoms with van der Waals surface area (Å²) in [6.45, 7) is 8.61. The van der Waals surface area contributed by atoms with Gasteiger partial charge in [-0.3, -0.25) is 9.59 Å². The highest BCUT2D eigenvalue weighted by atomic mass is 16.7. The molecule has 0 bridgehead atoms. The van der Waals surface area contributed by atoms with Crippen LogP contribution in [0.25, 0.3) is 0 Å². The van der Waals surface area contributed by atoms with E-state index in [0.717, 1.165) is 17.4 Å². The normalized spacial score (nSPS) is 24.1. The van der Waals surface area contributed by atoms with E-state index in [1.165, 1.54) is 0 Å². The van der Waals surface area contributed by atoms with E-state index in [1.54, 1.807) is 0 Å². The molecule has 2 atom stereocenters. The SMILES string of the molecule is CC1(C)OB(c2ccc(C[C@@H](NC(=O)[C@@H]3CCCO3)C(N)=O)cc2)OC1(C)C. The van der Waals surface area contributed by atoms with Gasteiger partial charge in [-0.05, 0) is 51.6 Å². The van der Waals surface area contributed by atoms with Gasteiger partial charge in [-0.25, -0.2) is 0 Å². The maximum absolute atomic E-state index is 12.2. The van der Waals surface area contributed by atoms with E-state index in [9.17, 15) is 9.59 Å². The Hall–Kier alpha value is -1.90. The van der Waals surface area contributed by atoms with E-state index in [2.05, 4.69) is 5.32 Å². The van der Waals surface area contributed by atoms with Gasteiger partial charge in [-0.15, -0.1) is 0 Å². The van der Waals surface area contributed by atoms with Crippen LogP contribution in [-0.4, -0.2) is 48.9 Å². The van der Waals surface area contributed by atoms with Crippen LogP contribution in [0.15, 0.2) is 24.3 Å². The molecule has 2 aliphatic heterocycles. The van der Waals surface area contributed by atoms with Crippen LogP contribution in [0.3, 0.4) is 0 Å². The maximum Gasteiger partial charge on any atom is 0.494 e. The Kier molecular flexibility index (Phi) is 5.84. The molecule has 2 aliphatic rings. The summed E-state index contributed by atoms with van der Waals surface area (Å²) in [5.41, 5.74) is 6.47. The highest BCUT2D eigenvalue weighted by Crippen LogP contribution is 2.36. The molecule has 2 amide bonds. The molecule has 152 valence electrons. The summed E-state index contributed by atoms with van der Waals surface area (Å²) in [4.78, 5) is 24.0. The summed E-state index contributed by atoms with van der Waals surface area (Å²) >= 11 is 0. The average molecular weight is 388 g/mol. The van der Waals surface area contributed by atoms with Crippen LogP contribution in [0.4, 0.5) is 0 Å². The van der Waals surface area contributed by atoms with E-state index in [4.69, 9.17) is 19.8 Å². The summed E-state index contributed by atoms with van der Waals surface area (Å²) in [7, 11) is -0.440. The summed E-state index contributed by atoms with van der Waals surface area (Å²) in [6.07, 6.45) is 1.34. The Balaban J connectivity index is 1.63. The monoisotopic (exact) mass is 388 g/mol. The van der Waals surface area contributed by atoms with E-state index < -0.39 is 36.4 Å². The third kappa shape index (κ3) is 4.40. The van der Waals surface area contributed by atoms with Crippen LogP contribution >= 0.6 is 0 Å². The summed E-state index contributed by atoms with van der Waals surface area (Å²) < 4.78 is 17.5. The standard InChI is InChI=1S/C20H29BN2O5/c1-19(2)20(3,4)28-21(27-19)14-9-7-13(8-10-14)12-15(17(22)24)23-18(25)16-6-5-11-26-16/h7-10,15-16H,5-6,11-12H2,1-4H3,(H2,22,24)(H,23,25)/t15-,16+/m1/s1. The Bertz CT molecular complexity index is 713. The second-order valence-corrected chi connectivity index (χ2v) is 8.50. The smallest absolute Gasteiger partial charge is 0.399 e. The molecule has 2 heterocycles. The number of hydrogen-bond acceptors (Lipinski definition) is 5. The first-order valence-electron chi connectivity index (χ1n) is 9.75. The van der Waals surface area contributed by atoms with Crippen molar-refractivity contribution < 1.29 is 23.6 Å². The van der Waals surface area contributed by atoms with Crippen LogP contribution in [-0.2, 0) is 30.1 Å². The van der Waals surface area contributed by atoms with Crippen LogP contribution in [0, 0.1) is 0 Å². The van der Waals surface area contributed by atoms with Crippen LogP contribution < -0.4 is 16.5 Å². The van der Waals surface area contributed by atoms with Crippen molar-refractivity contribution in [2.45, 2.75) is 70.3 Å². The molecule has 28 heavy (non-hydrogen) atoms. The first-order chi connectivity index (χ1) is 13.1. The number of rotatable bonds is 6. The molecule has 0 unspecified atom stereocenters. The van der Waals surface area contributed by atoms with Crippen molar-refractivity contribution in [2.24, 2.45) is 5.73 Å². The molecule has 7 nitrogen and oxygen atoms in total. The molecule has 2 fully saturated rings. The van der Waals surface area contributed by atoms with Crippen molar-refractivity contribution >= 4 is 24.4 Å². The Labute approximate surface area is 166 Å². The summed E-state index contributed by atoms with van der Waals surface area (Å²) in [5.74, 6) is -0.850. The van der Waals surface area contributed by atoms with Crippen molar-refractivity contribution in [2.75, 3.05) is 6.61 Å². The molecule has 0 spiro atoms. The Morgan fingerprint density at radius 2 is 1.79 bits per heavy atom. The second kappa shape index (κ2) is 7.85. The van der Waals surface area contributed by atoms with Crippen LogP contribution in [0.1, 0.15) is 46.1 Å². The lowest BCUT2D eigenvalue weighted by Gasteiger charge is -2.32. The molecular weight excluding hydrogens is 359 g/mol. The topological polar surface area (TPSA) is 99.9 Å². The molecule has 0 aromatic heterocycles. The number of primary amides is 1. The number of carbonyl (C=O) groups is 2. The molecule has 3 rings (SSSR count). The van der Waals surface area contributed by atoms with Crippen molar-refractivity contribution in [3.05, 3.63) is 29.8 Å². The third-order valence-electron chi connectivity index (χ3n) is 5.83. The van der Waals surface area contributed by atoms with Gasteiger partial charge in [-0.2, -0.15) is 0 Å². The predicted octanol–water partition coefficient (Wildman–Crippen LogP) is 0.677. The minimum atomic E-state index is -0.778. The molecule has 0 radical (unpaired) electrons. The quantitative estimate of drug-likeness (QED) is 0.699. The van der Waals surface area contributed by atoms with E-state index >= 15 is 0 Å². The Morgan fingerprint density at radius 3 is 2.29 bits per heavy atom. The number of hydrogen-bond donors (Lipinski definition) is 2. The van der Waals surface area contributed by atoms with Gasteiger partial charge in [0, 0.05) is 13.0 Å². The number of benzene rings is 1. The van der Waals surface area contributed by atoms with Crippen LogP contribution in [0.5, 0.6) is 0 Å². The zero-order valence-electron chi connectivity index (χ0n) is 17.0. The molecule has 3 N–H and O–H groups in total. The lowest BCUT2D eigenvalue weighted by atomic mass is 9.78. The number of nitrogens with two attached hydrogens (primary N) is 1. The molecule has 1 aromatic rings. The van der Waals surface area contributed by atoms with Crippen molar-refractivity contribution in [1.82, 2.24) is 5.32 Å². The lowest BCUT2D eigenvalue weighted by Crippen LogP contribution is -2.49. The molecule has 8 heteroatoms. The van der Waals surface area contributed by atoms with E-state index in [1.807, 2.05) is 52.0 Å². The van der Waals surface area contributed by atoms with Gasteiger partial charge in [0.1, 0.15) is 12.1 Å². The fraction of sp³-hybridized carbons (Fsp3) is 0.600. The zero-order valence-corrected chi connectivity index (χ0v) is 17.0. The van der Waals surface area contributed by atoms with Gasteiger partial charge in [-0.1, -0.05) is 24.3 Å². The predicted molar refractivity (Wildman–Crippen MR) is 106 cm³/mol. The molecular formula is C20H29BN2O5.